The molecule has 0 bridgehead atoms. The van der Waals surface area contributed by atoms with Crippen LogP contribution in [-0.2, 0) is 0 Å². The van der Waals surface area contributed by atoms with E-state index < -0.39 is 0 Å². The van der Waals surface area contributed by atoms with Crippen LogP contribution in [-0.4, -0.2) is 0 Å². The van der Waals surface area contributed by atoms with Gasteiger partial charge in [0.25, 0.3) is 0 Å². The maximum Gasteiger partial charge on any atom is 0.0212 e. The molecule has 13 aromatic rings. The van der Waals surface area contributed by atoms with E-state index in [2.05, 4.69) is 352 Å². The summed E-state index contributed by atoms with van der Waals surface area (Å²) in [4.78, 5) is 0. The first-order valence-corrected chi connectivity index (χ1v) is 38.3. The van der Waals surface area contributed by atoms with Gasteiger partial charge < -0.3 is 0 Å². The van der Waals surface area contributed by atoms with Gasteiger partial charge >= 0.3 is 0 Å². The fourth-order valence-corrected chi connectivity index (χ4v) is 19.3. The van der Waals surface area contributed by atoms with Crippen molar-refractivity contribution in [1.82, 2.24) is 0 Å². The van der Waals surface area contributed by atoms with Gasteiger partial charge in [-0.15, -0.1) is 0 Å². The standard InChI is InChI=1S/C106H76/c1-9-29-67(30-10-1)77-49-53-81(71-37-17-5-18-38-71)91(63-77)97-85-47-27-28-48-86(85)98(92-64-78(68-31-11-2-12-32-68)50-54-82(92)72-39-19-6-20-40-72)104-88-58-60-90-100-89(59-57-87(99(88)100)103(97)104)105-101(93-65-79(69-33-13-3-14-34-69)51-55-83(93)73-41-21-7-22-42-73)95-61-75-45-25-26-46-76(75)62-96(95)102(106(90)105)94-66-80(70-35-15-4-16-36-70)52-56-84(94)74-43-23-8-24-44-74/h1-17,19,21,23,25-37,39,41,43,45-66,99-100H,18,20,22,24,38,40,42,44H2. The first-order valence-electron chi connectivity index (χ1n) is 38.3. The number of fused-ring (bicyclic) bond motifs is 9. The van der Waals surface area contributed by atoms with Crippen LogP contribution in [0, 0.1) is 11.8 Å². The van der Waals surface area contributed by atoms with Gasteiger partial charge in [0.05, 0.1) is 0 Å². The predicted molar refractivity (Wildman–Crippen MR) is 453 cm³/mol. The lowest BCUT2D eigenvalue weighted by molar-refractivity contribution is 0.759. The molecule has 0 heterocycles. The Morgan fingerprint density at radius 3 is 0.708 bits per heavy atom. The Morgan fingerprint density at radius 1 is 0.189 bits per heavy atom. The van der Waals surface area contributed by atoms with Crippen molar-refractivity contribution < 1.29 is 0 Å². The van der Waals surface area contributed by atoms with Gasteiger partial charge in [0.1, 0.15) is 0 Å². The Hall–Kier alpha value is -12.5. The minimum Gasteiger partial charge on any atom is -0.0842 e. The minimum atomic E-state index is -0.0345. The molecule has 8 aliphatic carbocycles. The van der Waals surface area contributed by atoms with Crippen molar-refractivity contribution in [3.63, 3.8) is 0 Å². The average Bonchev–Trinajstić information content (AvgIpc) is 1.52. The third-order valence-corrected chi connectivity index (χ3v) is 24.1. The van der Waals surface area contributed by atoms with Crippen molar-refractivity contribution in [2.45, 2.75) is 51.4 Å². The molecular formula is C106H76. The Bertz CT molecular complexity index is 5930. The third kappa shape index (κ3) is 10.2. The SMILES string of the molecule is C1=CCCC(c2ccc(-c3ccccc3)cc2-c2c3c(c(-c4cc(-c5ccccc5)ccc4C4=CC=CCC4)c4ccccc24)C2=CC=C4c5c(c(-c6cc(-c7ccccc7)ccc6C6=CC=CCC6)c6cc7ccccc7cc6c5-c5cc(-c6ccccc6)ccc5C5=CC=CCC5)C5=CC=C3C2C54)=C1. The van der Waals surface area contributed by atoms with Crippen molar-refractivity contribution in [2.24, 2.45) is 11.8 Å². The molecule has 0 atom stereocenters. The normalized spacial score (nSPS) is 17.2. The van der Waals surface area contributed by atoms with Crippen LogP contribution < -0.4 is 0 Å². The summed E-state index contributed by atoms with van der Waals surface area (Å²) in [5, 5.41) is 7.60. The molecule has 0 heteroatoms. The lowest BCUT2D eigenvalue weighted by atomic mass is 9.71. The molecule has 0 spiro atoms. The van der Waals surface area contributed by atoms with E-state index in [0.717, 1.165) is 51.4 Å². The molecule has 0 saturated carbocycles. The smallest absolute Gasteiger partial charge is 0.0212 e. The molecule has 21 rings (SSSR count). The topological polar surface area (TPSA) is 0 Å². The van der Waals surface area contributed by atoms with Crippen LogP contribution in [0.1, 0.15) is 95.9 Å². The summed E-state index contributed by atoms with van der Waals surface area (Å²) in [6.45, 7) is 0. The molecule has 500 valence electrons. The summed E-state index contributed by atoms with van der Waals surface area (Å²) in [6, 6.07) is 97.9. The van der Waals surface area contributed by atoms with E-state index in [-0.39, 0.29) is 11.8 Å². The minimum absolute atomic E-state index is 0.0302. The number of hydrogen-bond acceptors (Lipinski definition) is 0. The van der Waals surface area contributed by atoms with Crippen LogP contribution in [0.25, 0.3) is 166 Å². The van der Waals surface area contributed by atoms with E-state index >= 15 is 0 Å². The van der Waals surface area contributed by atoms with E-state index in [0.29, 0.717) is 0 Å². The van der Waals surface area contributed by atoms with Crippen LogP contribution >= 0.6 is 0 Å². The Morgan fingerprint density at radius 2 is 0.443 bits per heavy atom. The monoisotopic (exact) mass is 1350 g/mol. The summed E-state index contributed by atoms with van der Waals surface area (Å²) in [5.74, 6) is -0.0647. The summed E-state index contributed by atoms with van der Waals surface area (Å²) < 4.78 is 0. The lowest BCUT2D eigenvalue weighted by Crippen LogP contribution is -2.18. The van der Waals surface area contributed by atoms with Gasteiger partial charge in [-0.1, -0.05) is 316 Å². The fourth-order valence-electron chi connectivity index (χ4n) is 19.3. The highest BCUT2D eigenvalue weighted by Gasteiger charge is 2.52. The zero-order valence-corrected chi connectivity index (χ0v) is 59.3. The van der Waals surface area contributed by atoms with Crippen LogP contribution in [0.4, 0.5) is 0 Å². The lowest BCUT2D eigenvalue weighted by Gasteiger charge is -2.31. The number of benzene rings is 13. The van der Waals surface area contributed by atoms with Gasteiger partial charge in [-0.05, 0) is 298 Å². The molecule has 0 unspecified atom stereocenters. The average molecular weight is 1350 g/mol. The summed E-state index contributed by atoms with van der Waals surface area (Å²) >= 11 is 0. The molecule has 13 aromatic carbocycles. The summed E-state index contributed by atoms with van der Waals surface area (Å²) in [5.41, 5.74) is 42.0. The van der Waals surface area contributed by atoms with Crippen molar-refractivity contribution in [3.05, 3.63) is 397 Å². The molecule has 0 fully saturated rings. The summed E-state index contributed by atoms with van der Waals surface area (Å²) in [6.07, 6.45) is 46.6. The Kier molecular flexibility index (Phi) is 15.1. The molecule has 106 heavy (non-hydrogen) atoms. The number of rotatable bonds is 12. The Labute approximate surface area is 621 Å². The highest BCUT2D eigenvalue weighted by atomic mass is 14.5. The highest BCUT2D eigenvalue weighted by Crippen LogP contribution is 2.70. The van der Waals surface area contributed by atoms with Crippen molar-refractivity contribution in [1.29, 1.82) is 0 Å². The first kappa shape index (κ1) is 62.1. The van der Waals surface area contributed by atoms with Crippen LogP contribution in [0.5, 0.6) is 0 Å². The van der Waals surface area contributed by atoms with E-state index in [9.17, 15) is 0 Å². The molecule has 0 aliphatic heterocycles. The molecule has 0 nitrogen and oxygen atoms in total. The molecule has 0 amide bonds. The van der Waals surface area contributed by atoms with Crippen LogP contribution in [0.15, 0.2) is 352 Å². The van der Waals surface area contributed by atoms with Crippen molar-refractivity contribution >= 4 is 76.9 Å². The molecular weight excluding hydrogens is 1270 g/mol. The second kappa shape index (κ2) is 25.7. The number of hydrogen-bond donors (Lipinski definition) is 0. The third-order valence-electron chi connectivity index (χ3n) is 24.1. The van der Waals surface area contributed by atoms with E-state index in [1.807, 2.05) is 0 Å². The summed E-state index contributed by atoms with van der Waals surface area (Å²) in [7, 11) is 0. The van der Waals surface area contributed by atoms with E-state index in [1.165, 1.54) is 210 Å². The van der Waals surface area contributed by atoms with Gasteiger partial charge in [0.2, 0.25) is 0 Å². The predicted octanol–water partition coefficient (Wildman–Crippen LogP) is 28.9. The van der Waals surface area contributed by atoms with E-state index in [4.69, 9.17) is 0 Å². The fraction of sp³-hybridized carbons (Fsp3) is 0.0943. The van der Waals surface area contributed by atoms with E-state index in [1.54, 1.807) is 0 Å². The van der Waals surface area contributed by atoms with Gasteiger partial charge in [0, 0.05) is 11.8 Å². The molecule has 0 aromatic heterocycles. The second-order valence-corrected chi connectivity index (χ2v) is 29.9. The maximum atomic E-state index is 2.64. The van der Waals surface area contributed by atoms with Crippen molar-refractivity contribution in [3.8, 4) is 89.0 Å². The van der Waals surface area contributed by atoms with Gasteiger partial charge in [-0.25, -0.2) is 0 Å². The quantitative estimate of drug-likeness (QED) is 0.107. The molecule has 0 N–H and O–H groups in total. The molecule has 8 aliphatic rings. The van der Waals surface area contributed by atoms with Gasteiger partial charge in [0.15, 0.2) is 0 Å². The van der Waals surface area contributed by atoms with Crippen LogP contribution in [0.3, 0.4) is 0 Å². The Balaban J connectivity index is 0.926. The second-order valence-electron chi connectivity index (χ2n) is 29.9. The largest absolute Gasteiger partial charge is 0.0842 e. The van der Waals surface area contributed by atoms with Gasteiger partial charge in [-0.2, -0.15) is 0 Å². The number of allylic oxidation sites excluding steroid dienone is 24. The maximum absolute atomic E-state index is 2.64. The van der Waals surface area contributed by atoms with Gasteiger partial charge in [-0.3, -0.25) is 0 Å². The zero-order chi connectivity index (χ0) is 69.8. The van der Waals surface area contributed by atoms with Crippen LogP contribution in [0.2, 0.25) is 0 Å². The molecule has 0 radical (unpaired) electrons. The van der Waals surface area contributed by atoms with Crippen molar-refractivity contribution in [2.75, 3.05) is 0 Å². The highest BCUT2D eigenvalue weighted by molar-refractivity contribution is 6.26. The molecule has 0 saturated heterocycles. The zero-order valence-electron chi connectivity index (χ0n) is 59.3. The first-order chi connectivity index (χ1) is 52.6.